The highest BCUT2D eigenvalue weighted by Crippen LogP contribution is 2.26. The van der Waals surface area contributed by atoms with Crippen molar-refractivity contribution >= 4 is 35.0 Å². The molecule has 0 saturated heterocycles. The number of carbonyl (C=O) groups is 2. The number of hydrogen-bond acceptors (Lipinski definition) is 2. The standard InChI is InChI=1S/C23H28Cl2N2O2/c1-15(2)13-26-23(29)17(4)27(14-18-8-5-7-16(3)11-18)22(28)12-19-20(24)9-6-10-21(19)25/h5-11,15,17H,12-14H2,1-4H3,(H,26,29). The summed E-state index contributed by atoms with van der Waals surface area (Å²) in [7, 11) is 0. The lowest BCUT2D eigenvalue weighted by atomic mass is 10.1. The summed E-state index contributed by atoms with van der Waals surface area (Å²) in [6.45, 7) is 8.69. The Morgan fingerprint density at radius 2 is 1.66 bits per heavy atom. The average Bonchev–Trinajstić information content (AvgIpc) is 2.66. The molecule has 0 aliphatic rings. The Hall–Kier alpha value is -2.04. The van der Waals surface area contributed by atoms with E-state index in [1.807, 2.05) is 45.0 Å². The van der Waals surface area contributed by atoms with Crippen molar-refractivity contribution in [3.63, 3.8) is 0 Å². The number of halogens is 2. The second-order valence-corrected chi connectivity index (χ2v) is 8.52. The van der Waals surface area contributed by atoms with E-state index in [9.17, 15) is 9.59 Å². The van der Waals surface area contributed by atoms with Gasteiger partial charge in [-0.05, 0) is 43.0 Å². The van der Waals surface area contributed by atoms with Gasteiger partial charge < -0.3 is 10.2 Å². The molecule has 156 valence electrons. The Morgan fingerprint density at radius 1 is 1.03 bits per heavy atom. The summed E-state index contributed by atoms with van der Waals surface area (Å²) < 4.78 is 0. The van der Waals surface area contributed by atoms with Crippen molar-refractivity contribution < 1.29 is 9.59 Å². The number of nitrogens with zero attached hydrogens (tertiary/aromatic N) is 1. The van der Waals surface area contributed by atoms with Gasteiger partial charge in [0.05, 0.1) is 6.42 Å². The Kier molecular flexibility index (Phi) is 8.54. The molecule has 0 saturated carbocycles. The molecular formula is C23H28Cl2N2O2. The van der Waals surface area contributed by atoms with E-state index in [2.05, 4.69) is 5.32 Å². The fraction of sp³-hybridized carbons (Fsp3) is 0.391. The van der Waals surface area contributed by atoms with Crippen LogP contribution in [0.25, 0.3) is 0 Å². The minimum atomic E-state index is -0.622. The van der Waals surface area contributed by atoms with Gasteiger partial charge in [-0.15, -0.1) is 0 Å². The van der Waals surface area contributed by atoms with E-state index in [1.165, 1.54) is 0 Å². The first-order chi connectivity index (χ1) is 13.7. The van der Waals surface area contributed by atoms with Crippen LogP contribution >= 0.6 is 23.2 Å². The van der Waals surface area contributed by atoms with E-state index in [-0.39, 0.29) is 18.2 Å². The first-order valence-electron chi connectivity index (χ1n) is 9.74. The number of aryl methyl sites for hydroxylation is 1. The molecule has 1 atom stereocenters. The maximum absolute atomic E-state index is 13.2. The highest BCUT2D eigenvalue weighted by molar-refractivity contribution is 6.36. The third kappa shape index (κ3) is 6.76. The van der Waals surface area contributed by atoms with Crippen molar-refractivity contribution in [2.45, 2.75) is 46.7 Å². The van der Waals surface area contributed by atoms with Crippen LogP contribution in [-0.2, 0) is 22.6 Å². The van der Waals surface area contributed by atoms with Crippen LogP contribution in [0.15, 0.2) is 42.5 Å². The molecule has 2 amide bonds. The van der Waals surface area contributed by atoms with E-state index in [0.717, 1.165) is 11.1 Å². The van der Waals surface area contributed by atoms with Gasteiger partial charge in [0.25, 0.3) is 0 Å². The van der Waals surface area contributed by atoms with E-state index in [0.29, 0.717) is 34.6 Å². The van der Waals surface area contributed by atoms with Gasteiger partial charge in [0.15, 0.2) is 0 Å². The molecule has 0 aliphatic heterocycles. The third-order valence-electron chi connectivity index (χ3n) is 4.68. The van der Waals surface area contributed by atoms with Crippen LogP contribution < -0.4 is 5.32 Å². The molecule has 2 rings (SSSR count). The van der Waals surface area contributed by atoms with Crippen LogP contribution in [0, 0.1) is 12.8 Å². The van der Waals surface area contributed by atoms with Crippen LogP contribution in [0.3, 0.4) is 0 Å². The molecule has 0 heterocycles. The highest BCUT2D eigenvalue weighted by atomic mass is 35.5. The summed E-state index contributed by atoms with van der Waals surface area (Å²) in [5.74, 6) is -0.0485. The largest absolute Gasteiger partial charge is 0.354 e. The van der Waals surface area contributed by atoms with Crippen LogP contribution in [0.5, 0.6) is 0 Å². The predicted molar refractivity (Wildman–Crippen MR) is 119 cm³/mol. The Balaban J connectivity index is 2.27. The first-order valence-corrected chi connectivity index (χ1v) is 10.5. The van der Waals surface area contributed by atoms with E-state index >= 15 is 0 Å². The van der Waals surface area contributed by atoms with Gasteiger partial charge in [0.2, 0.25) is 11.8 Å². The number of carbonyl (C=O) groups excluding carboxylic acids is 2. The maximum Gasteiger partial charge on any atom is 0.242 e. The number of nitrogens with one attached hydrogen (secondary N) is 1. The SMILES string of the molecule is Cc1cccc(CN(C(=O)Cc2c(Cl)cccc2Cl)C(C)C(=O)NCC(C)C)c1. The number of rotatable bonds is 8. The summed E-state index contributed by atoms with van der Waals surface area (Å²) in [5.41, 5.74) is 2.64. The normalized spacial score (nSPS) is 12.0. The fourth-order valence-electron chi connectivity index (χ4n) is 3.00. The van der Waals surface area contributed by atoms with Crippen LogP contribution in [-0.4, -0.2) is 29.3 Å². The lowest BCUT2D eigenvalue weighted by Gasteiger charge is -2.29. The van der Waals surface area contributed by atoms with Crippen molar-refractivity contribution in [3.8, 4) is 0 Å². The van der Waals surface area contributed by atoms with Gasteiger partial charge in [0, 0.05) is 23.1 Å². The van der Waals surface area contributed by atoms with Gasteiger partial charge in [-0.2, -0.15) is 0 Å². The second-order valence-electron chi connectivity index (χ2n) is 7.70. The molecule has 29 heavy (non-hydrogen) atoms. The fourth-order valence-corrected chi connectivity index (χ4v) is 3.53. The molecular weight excluding hydrogens is 407 g/mol. The number of amides is 2. The lowest BCUT2D eigenvalue weighted by Crippen LogP contribution is -2.48. The van der Waals surface area contributed by atoms with E-state index < -0.39 is 6.04 Å². The van der Waals surface area contributed by atoms with Gasteiger partial charge in [0.1, 0.15) is 6.04 Å². The van der Waals surface area contributed by atoms with E-state index in [4.69, 9.17) is 23.2 Å². The molecule has 0 aromatic heterocycles. The summed E-state index contributed by atoms with van der Waals surface area (Å²) in [6.07, 6.45) is 0.0339. The quantitative estimate of drug-likeness (QED) is 0.632. The Bertz CT molecular complexity index is 847. The summed E-state index contributed by atoms with van der Waals surface area (Å²) in [5, 5.41) is 3.80. The zero-order valence-corrected chi connectivity index (χ0v) is 18.8. The summed E-state index contributed by atoms with van der Waals surface area (Å²) >= 11 is 12.5. The monoisotopic (exact) mass is 434 g/mol. The number of benzene rings is 2. The summed E-state index contributed by atoms with van der Waals surface area (Å²) in [6, 6.07) is 12.4. The van der Waals surface area contributed by atoms with Crippen molar-refractivity contribution in [2.24, 2.45) is 5.92 Å². The Morgan fingerprint density at radius 3 is 2.24 bits per heavy atom. The maximum atomic E-state index is 13.2. The molecule has 6 heteroatoms. The molecule has 1 unspecified atom stereocenters. The van der Waals surface area contributed by atoms with Crippen molar-refractivity contribution in [3.05, 3.63) is 69.2 Å². The molecule has 0 spiro atoms. The zero-order valence-electron chi connectivity index (χ0n) is 17.3. The molecule has 0 radical (unpaired) electrons. The van der Waals surface area contributed by atoms with Crippen molar-refractivity contribution in [1.82, 2.24) is 10.2 Å². The van der Waals surface area contributed by atoms with Crippen LogP contribution in [0.4, 0.5) is 0 Å². The van der Waals surface area contributed by atoms with Crippen molar-refractivity contribution in [1.29, 1.82) is 0 Å². The molecule has 0 bridgehead atoms. The van der Waals surface area contributed by atoms with E-state index in [1.54, 1.807) is 30.0 Å². The molecule has 4 nitrogen and oxygen atoms in total. The number of hydrogen-bond donors (Lipinski definition) is 1. The zero-order chi connectivity index (χ0) is 21.6. The van der Waals surface area contributed by atoms with Gasteiger partial charge in [-0.3, -0.25) is 9.59 Å². The predicted octanol–water partition coefficient (Wildman–Crippen LogP) is 5.03. The first kappa shape index (κ1) is 23.2. The highest BCUT2D eigenvalue weighted by Gasteiger charge is 2.27. The molecule has 2 aromatic rings. The minimum Gasteiger partial charge on any atom is -0.354 e. The van der Waals surface area contributed by atoms with Crippen LogP contribution in [0.2, 0.25) is 10.0 Å². The summed E-state index contributed by atoms with van der Waals surface area (Å²) in [4.78, 5) is 27.5. The smallest absolute Gasteiger partial charge is 0.242 e. The minimum absolute atomic E-state index is 0.0339. The molecule has 2 aromatic carbocycles. The molecule has 0 aliphatic carbocycles. The third-order valence-corrected chi connectivity index (χ3v) is 5.39. The lowest BCUT2D eigenvalue weighted by molar-refractivity contribution is -0.140. The van der Waals surface area contributed by atoms with Crippen molar-refractivity contribution in [2.75, 3.05) is 6.54 Å². The van der Waals surface area contributed by atoms with Gasteiger partial charge in [-0.1, -0.05) is 72.9 Å². The van der Waals surface area contributed by atoms with Crippen LogP contribution in [0.1, 0.15) is 37.5 Å². The molecule has 0 fully saturated rings. The van der Waals surface area contributed by atoms with Gasteiger partial charge in [-0.25, -0.2) is 0 Å². The average molecular weight is 435 g/mol. The topological polar surface area (TPSA) is 49.4 Å². The second kappa shape index (κ2) is 10.7. The van der Waals surface area contributed by atoms with Gasteiger partial charge >= 0.3 is 0 Å². The molecule has 1 N–H and O–H groups in total. The Labute approximate surface area is 183 Å².